The van der Waals surface area contributed by atoms with Crippen molar-refractivity contribution < 1.29 is 4.74 Å². The summed E-state index contributed by atoms with van der Waals surface area (Å²) in [7, 11) is 0. The first-order chi connectivity index (χ1) is 8.06. The van der Waals surface area contributed by atoms with Crippen molar-refractivity contribution in [2.24, 2.45) is 0 Å². The van der Waals surface area contributed by atoms with Gasteiger partial charge in [0.25, 0.3) is 0 Å². The van der Waals surface area contributed by atoms with Gasteiger partial charge in [0.2, 0.25) is 5.88 Å². The highest BCUT2D eigenvalue weighted by Gasteiger charge is 2.08. The third-order valence-electron chi connectivity index (χ3n) is 2.03. The minimum absolute atomic E-state index is 0.350. The maximum absolute atomic E-state index is 5.86. The molecular formula is C11H7Cl3N2O. The highest BCUT2D eigenvalue weighted by molar-refractivity contribution is 6.34. The molecule has 0 unspecified atom stereocenters. The highest BCUT2D eigenvalue weighted by atomic mass is 35.5. The minimum Gasteiger partial charge on any atom is -0.438 e. The lowest BCUT2D eigenvalue weighted by Crippen LogP contribution is -1.93. The average molecular weight is 290 g/mol. The molecule has 0 N–H and O–H groups in total. The molecule has 0 aliphatic heterocycles. The highest BCUT2D eigenvalue weighted by Crippen LogP contribution is 2.30. The molecule has 0 aliphatic rings. The molecule has 1 aromatic heterocycles. The van der Waals surface area contributed by atoms with Gasteiger partial charge in [-0.3, -0.25) is 0 Å². The van der Waals surface area contributed by atoms with Crippen LogP contribution in [0.15, 0.2) is 24.5 Å². The van der Waals surface area contributed by atoms with E-state index in [1.54, 1.807) is 25.1 Å². The third-order valence-corrected chi connectivity index (χ3v) is 2.84. The van der Waals surface area contributed by atoms with Crippen molar-refractivity contribution in [3.63, 3.8) is 0 Å². The molecule has 0 bridgehead atoms. The Labute approximate surface area is 113 Å². The van der Waals surface area contributed by atoms with Crippen LogP contribution in [-0.4, -0.2) is 9.97 Å². The molecule has 2 rings (SSSR count). The van der Waals surface area contributed by atoms with Gasteiger partial charge < -0.3 is 4.74 Å². The summed E-state index contributed by atoms with van der Waals surface area (Å²) in [5.74, 6) is 0.878. The number of nitrogens with zero attached hydrogens (tertiary/aromatic N) is 2. The van der Waals surface area contributed by atoms with Crippen molar-refractivity contribution in [2.75, 3.05) is 0 Å². The van der Waals surface area contributed by atoms with E-state index in [-0.39, 0.29) is 0 Å². The van der Waals surface area contributed by atoms with E-state index in [9.17, 15) is 0 Å². The van der Waals surface area contributed by atoms with E-state index < -0.39 is 0 Å². The number of halogens is 3. The Kier molecular flexibility index (Phi) is 3.72. The van der Waals surface area contributed by atoms with Gasteiger partial charge in [0.05, 0.1) is 0 Å². The normalized spacial score (nSPS) is 10.4. The Balaban J connectivity index is 2.34. The van der Waals surface area contributed by atoms with Crippen molar-refractivity contribution in [1.29, 1.82) is 0 Å². The number of hydrogen-bond donors (Lipinski definition) is 0. The number of ether oxygens (including phenoxy) is 1. The van der Waals surface area contributed by atoms with Gasteiger partial charge >= 0.3 is 0 Å². The second kappa shape index (κ2) is 5.08. The molecule has 0 saturated carbocycles. The fourth-order valence-corrected chi connectivity index (χ4v) is 1.85. The van der Waals surface area contributed by atoms with Crippen LogP contribution < -0.4 is 4.74 Å². The fraction of sp³-hybridized carbons (Fsp3) is 0.0909. The molecule has 0 spiro atoms. The molecule has 17 heavy (non-hydrogen) atoms. The number of hydrogen-bond acceptors (Lipinski definition) is 3. The number of benzene rings is 1. The van der Waals surface area contributed by atoms with Crippen molar-refractivity contribution >= 4 is 34.8 Å². The Bertz CT molecular complexity index is 540. The topological polar surface area (TPSA) is 35.0 Å². The first kappa shape index (κ1) is 12.4. The Morgan fingerprint density at radius 2 is 1.65 bits per heavy atom. The summed E-state index contributed by atoms with van der Waals surface area (Å²) in [6.45, 7) is 1.77. The smallest absolute Gasteiger partial charge is 0.226 e. The summed E-state index contributed by atoms with van der Waals surface area (Å²) in [5.41, 5.74) is 0.658. The van der Waals surface area contributed by atoms with Crippen molar-refractivity contribution in [1.82, 2.24) is 9.97 Å². The van der Waals surface area contributed by atoms with Crippen LogP contribution in [0.5, 0.6) is 11.6 Å². The summed E-state index contributed by atoms with van der Waals surface area (Å²) in [6.07, 6.45) is 1.33. The summed E-state index contributed by atoms with van der Waals surface area (Å²) in [6, 6.07) is 4.90. The van der Waals surface area contributed by atoms with Gasteiger partial charge in [-0.25, -0.2) is 9.97 Å². The first-order valence-corrected chi connectivity index (χ1v) is 5.80. The van der Waals surface area contributed by atoms with Gasteiger partial charge in [-0.15, -0.1) is 0 Å². The Morgan fingerprint density at radius 3 is 2.29 bits per heavy atom. The first-order valence-electron chi connectivity index (χ1n) is 4.67. The second-order valence-corrected chi connectivity index (χ2v) is 4.53. The van der Waals surface area contributed by atoms with Crippen LogP contribution in [-0.2, 0) is 0 Å². The van der Waals surface area contributed by atoms with E-state index in [2.05, 4.69) is 9.97 Å². The van der Waals surface area contributed by atoms with Gasteiger partial charge in [-0.05, 0) is 25.1 Å². The van der Waals surface area contributed by atoms with Gasteiger partial charge in [-0.1, -0.05) is 34.8 Å². The largest absolute Gasteiger partial charge is 0.438 e. The molecule has 0 fully saturated rings. The lowest BCUT2D eigenvalue weighted by Gasteiger charge is -2.08. The maximum Gasteiger partial charge on any atom is 0.226 e. The van der Waals surface area contributed by atoms with Crippen molar-refractivity contribution in [3.8, 4) is 11.6 Å². The molecule has 6 heteroatoms. The fourth-order valence-electron chi connectivity index (χ4n) is 1.22. The molecule has 2 aromatic rings. The number of aromatic nitrogens is 2. The molecule has 0 aliphatic carbocycles. The summed E-state index contributed by atoms with van der Waals surface area (Å²) < 4.78 is 5.55. The second-order valence-electron chi connectivity index (χ2n) is 3.30. The predicted octanol–water partition coefficient (Wildman–Crippen LogP) is 4.54. The predicted molar refractivity (Wildman–Crippen MR) is 68.3 cm³/mol. The van der Waals surface area contributed by atoms with Gasteiger partial charge in [0, 0.05) is 15.6 Å². The number of rotatable bonds is 2. The van der Waals surface area contributed by atoms with Crippen LogP contribution in [0.3, 0.4) is 0 Å². The maximum atomic E-state index is 5.86. The average Bonchev–Trinajstić information content (AvgIpc) is 2.23. The monoisotopic (exact) mass is 288 g/mol. The molecule has 88 valence electrons. The van der Waals surface area contributed by atoms with Crippen LogP contribution in [0.1, 0.15) is 5.56 Å². The summed E-state index contributed by atoms with van der Waals surface area (Å²) in [5, 5.41) is 1.33. The standard InChI is InChI=1S/C11H7Cl3N2O/c1-6-10(14)15-5-16-11(6)17-9-3-7(12)2-8(13)4-9/h2-5H,1H3. The van der Waals surface area contributed by atoms with Gasteiger partial charge in [0.15, 0.2) is 0 Å². The SMILES string of the molecule is Cc1c(Cl)ncnc1Oc1cc(Cl)cc(Cl)c1. The molecular weight excluding hydrogens is 282 g/mol. The van der Waals surface area contributed by atoms with E-state index in [0.29, 0.717) is 32.4 Å². The van der Waals surface area contributed by atoms with Gasteiger partial charge in [-0.2, -0.15) is 0 Å². The molecule has 0 amide bonds. The van der Waals surface area contributed by atoms with Crippen LogP contribution in [0.2, 0.25) is 15.2 Å². The van der Waals surface area contributed by atoms with Crippen LogP contribution in [0.4, 0.5) is 0 Å². The van der Waals surface area contributed by atoms with E-state index in [1.165, 1.54) is 6.33 Å². The Hall–Kier alpha value is -1.03. The lowest BCUT2D eigenvalue weighted by atomic mass is 10.3. The Morgan fingerprint density at radius 1 is 1.00 bits per heavy atom. The van der Waals surface area contributed by atoms with E-state index >= 15 is 0 Å². The zero-order valence-electron chi connectivity index (χ0n) is 8.75. The molecule has 0 atom stereocenters. The third kappa shape index (κ3) is 3.00. The van der Waals surface area contributed by atoms with Gasteiger partial charge in [0.1, 0.15) is 17.2 Å². The van der Waals surface area contributed by atoms with Crippen molar-refractivity contribution in [2.45, 2.75) is 6.92 Å². The zero-order valence-corrected chi connectivity index (χ0v) is 11.0. The van der Waals surface area contributed by atoms with Crippen LogP contribution >= 0.6 is 34.8 Å². The molecule has 3 nitrogen and oxygen atoms in total. The quantitative estimate of drug-likeness (QED) is 0.761. The zero-order chi connectivity index (χ0) is 12.4. The molecule has 0 saturated heterocycles. The van der Waals surface area contributed by atoms with E-state index in [4.69, 9.17) is 39.5 Å². The van der Waals surface area contributed by atoms with E-state index in [1.807, 2.05) is 0 Å². The summed E-state index contributed by atoms with van der Waals surface area (Å²) in [4.78, 5) is 7.83. The van der Waals surface area contributed by atoms with Crippen LogP contribution in [0, 0.1) is 6.92 Å². The lowest BCUT2D eigenvalue weighted by molar-refractivity contribution is 0.457. The molecule has 1 aromatic carbocycles. The van der Waals surface area contributed by atoms with E-state index in [0.717, 1.165) is 0 Å². The molecule has 1 heterocycles. The van der Waals surface area contributed by atoms with Crippen molar-refractivity contribution in [3.05, 3.63) is 45.3 Å². The molecule has 0 radical (unpaired) electrons. The summed E-state index contributed by atoms with van der Waals surface area (Å²) >= 11 is 17.6. The van der Waals surface area contributed by atoms with Crippen LogP contribution in [0.25, 0.3) is 0 Å². The minimum atomic E-state index is 0.350.